The fourth-order valence-electron chi connectivity index (χ4n) is 2.29. The van der Waals surface area contributed by atoms with Gasteiger partial charge in [-0.3, -0.25) is 9.89 Å². The Hall–Kier alpha value is -2.21. The first kappa shape index (κ1) is 13.8. The second-order valence-electron chi connectivity index (χ2n) is 5.05. The Bertz CT molecular complexity index is 747. The molecule has 0 bridgehead atoms. The number of aromatic amines is 1. The topological polar surface area (TPSA) is 70.7 Å². The van der Waals surface area contributed by atoms with Crippen LogP contribution in [-0.4, -0.2) is 21.1 Å². The van der Waals surface area contributed by atoms with E-state index in [1.54, 1.807) is 11.3 Å². The summed E-state index contributed by atoms with van der Waals surface area (Å²) in [6.45, 7) is 5.73. The van der Waals surface area contributed by atoms with Crippen molar-refractivity contribution in [1.29, 1.82) is 0 Å². The first-order valence-corrected chi connectivity index (χ1v) is 7.58. The van der Waals surface area contributed by atoms with E-state index >= 15 is 0 Å². The van der Waals surface area contributed by atoms with Gasteiger partial charge in [-0.25, -0.2) is 4.98 Å². The van der Waals surface area contributed by atoms with E-state index in [0.29, 0.717) is 6.42 Å². The molecule has 0 unspecified atom stereocenters. The molecule has 108 valence electrons. The van der Waals surface area contributed by atoms with Crippen molar-refractivity contribution in [2.45, 2.75) is 27.2 Å². The second-order valence-corrected chi connectivity index (χ2v) is 6.11. The molecule has 1 aliphatic rings. The van der Waals surface area contributed by atoms with Gasteiger partial charge in [-0.15, -0.1) is 11.3 Å². The van der Waals surface area contributed by atoms with Crippen LogP contribution in [0.5, 0.6) is 0 Å². The van der Waals surface area contributed by atoms with Gasteiger partial charge < -0.3 is 5.32 Å². The molecule has 2 aromatic rings. The third kappa shape index (κ3) is 2.67. The minimum Gasteiger partial charge on any atom is -0.319 e. The van der Waals surface area contributed by atoms with Crippen LogP contribution < -0.4 is 5.32 Å². The molecule has 21 heavy (non-hydrogen) atoms. The largest absolute Gasteiger partial charge is 0.319 e. The molecule has 0 atom stereocenters. The second kappa shape index (κ2) is 5.29. The molecule has 1 aliphatic carbocycles. The molecule has 0 aromatic carbocycles. The number of allylic oxidation sites excluding steroid dienone is 3. The van der Waals surface area contributed by atoms with E-state index in [9.17, 15) is 4.79 Å². The van der Waals surface area contributed by atoms with Crippen LogP contribution in [0.2, 0.25) is 0 Å². The van der Waals surface area contributed by atoms with Crippen molar-refractivity contribution < 1.29 is 4.79 Å². The lowest BCUT2D eigenvalue weighted by Gasteiger charge is -2.05. The highest BCUT2D eigenvalue weighted by atomic mass is 32.1. The smallest absolute Gasteiger partial charge is 0.252 e. The summed E-state index contributed by atoms with van der Waals surface area (Å²) in [7, 11) is 0. The van der Waals surface area contributed by atoms with Crippen LogP contribution in [0.4, 0.5) is 5.69 Å². The summed E-state index contributed by atoms with van der Waals surface area (Å²) in [5.74, 6) is -0.0826. The van der Waals surface area contributed by atoms with Gasteiger partial charge in [0.25, 0.3) is 5.91 Å². The number of rotatable bonds is 3. The number of aromatic nitrogens is 3. The maximum Gasteiger partial charge on any atom is 0.252 e. The normalized spacial score (nSPS) is 14.0. The highest BCUT2D eigenvalue weighted by molar-refractivity contribution is 7.09. The number of nitrogens with zero attached hydrogens (tertiary/aromatic N) is 2. The molecule has 6 heteroatoms. The van der Waals surface area contributed by atoms with Crippen LogP contribution in [0, 0.1) is 20.8 Å². The van der Waals surface area contributed by atoms with E-state index in [-0.39, 0.29) is 5.91 Å². The average Bonchev–Trinajstić information content (AvgIpc) is 3.15. The number of nitrogens with one attached hydrogen (secondary N) is 2. The summed E-state index contributed by atoms with van der Waals surface area (Å²) >= 11 is 1.61. The molecule has 3 rings (SSSR count). The summed E-state index contributed by atoms with van der Waals surface area (Å²) in [6.07, 6.45) is 4.58. The van der Waals surface area contributed by atoms with Crippen molar-refractivity contribution in [1.82, 2.24) is 15.2 Å². The lowest BCUT2D eigenvalue weighted by Crippen LogP contribution is -2.14. The molecular weight excluding hydrogens is 284 g/mol. The van der Waals surface area contributed by atoms with Gasteiger partial charge in [0, 0.05) is 11.0 Å². The van der Waals surface area contributed by atoms with Gasteiger partial charge in [-0.2, -0.15) is 5.10 Å². The Kier molecular flexibility index (Phi) is 3.47. The average molecular weight is 300 g/mol. The molecule has 0 fully saturated rings. The van der Waals surface area contributed by atoms with Crippen molar-refractivity contribution in [2.75, 3.05) is 5.32 Å². The zero-order chi connectivity index (χ0) is 15.0. The zero-order valence-corrected chi connectivity index (χ0v) is 13.0. The van der Waals surface area contributed by atoms with Crippen LogP contribution in [-0.2, 0) is 4.79 Å². The molecule has 2 heterocycles. The maximum absolute atomic E-state index is 12.3. The number of anilines is 1. The third-order valence-electron chi connectivity index (χ3n) is 3.44. The molecule has 0 saturated carbocycles. The fraction of sp³-hybridized carbons (Fsp3) is 0.267. The quantitative estimate of drug-likeness (QED) is 0.914. The van der Waals surface area contributed by atoms with Gasteiger partial charge in [-0.1, -0.05) is 6.08 Å². The molecule has 0 radical (unpaired) electrons. The molecule has 0 spiro atoms. The molecule has 0 aliphatic heterocycles. The van der Waals surface area contributed by atoms with Gasteiger partial charge >= 0.3 is 0 Å². The van der Waals surface area contributed by atoms with Crippen LogP contribution >= 0.6 is 11.3 Å². The molecule has 1 amide bonds. The van der Waals surface area contributed by atoms with Gasteiger partial charge in [-0.05, 0) is 38.8 Å². The van der Waals surface area contributed by atoms with Crippen molar-refractivity contribution in [3.8, 4) is 0 Å². The number of carbonyl (C=O) groups is 1. The van der Waals surface area contributed by atoms with E-state index in [0.717, 1.165) is 38.9 Å². The zero-order valence-electron chi connectivity index (χ0n) is 12.2. The highest BCUT2D eigenvalue weighted by Crippen LogP contribution is 2.28. The van der Waals surface area contributed by atoms with E-state index in [1.165, 1.54) is 0 Å². The Morgan fingerprint density at radius 2 is 2.19 bits per heavy atom. The molecule has 5 nitrogen and oxygen atoms in total. The van der Waals surface area contributed by atoms with Gasteiger partial charge in [0.15, 0.2) is 0 Å². The van der Waals surface area contributed by atoms with Crippen LogP contribution in [0.25, 0.3) is 5.57 Å². The Labute approximate surface area is 126 Å². The van der Waals surface area contributed by atoms with Crippen molar-refractivity contribution >= 4 is 28.5 Å². The SMILES string of the molecule is Cc1nc(C2=CCC(C(=O)Nc3c(C)n[nH]c3C)=C2)cs1. The Morgan fingerprint density at radius 1 is 1.38 bits per heavy atom. The van der Waals surface area contributed by atoms with Gasteiger partial charge in [0.2, 0.25) is 0 Å². The van der Waals surface area contributed by atoms with Gasteiger partial charge in [0.05, 0.1) is 27.8 Å². The number of aryl methyl sites for hydroxylation is 3. The standard InChI is InChI=1S/C15H16N4OS/c1-8-14(9(2)19-18-8)17-15(20)12-5-4-11(6-12)13-7-21-10(3)16-13/h4,6-7H,5H2,1-3H3,(H,17,20)(H,18,19). The highest BCUT2D eigenvalue weighted by Gasteiger charge is 2.18. The first-order valence-electron chi connectivity index (χ1n) is 6.70. The van der Waals surface area contributed by atoms with Crippen molar-refractivity contribution in [2.24, 2.45) is 0 Å². The number of carbonyl (C=O) groups excluding carboxylic acids is 1. The number of hydrogen-bond acceptors (Lipinski definition) is 4. The first-order chi connectivity index (χ1) is 10.0. The number of H-pyrrole nitrogens is 1. The van der Waals surface area contributed by atoms with Crippen molar-refractivity contribution in [3.05, 3.63) is 45.2 Å². The minimum absolute atomic E-state index is 0.0826. The predicted octanol–water partition coefficient (Wildman–Crippen LogP) is 3.14. The molecule has 2 aromatic heterocycles. The van der Waals surface area contributed by atoms with E-state index in [4.69, 9.17) is 0 Å². The summed E-state index contributed by atoms with van der Waals surface area (Å²) in [6, 6.07) is 0. The van der Waals surface area contributed by atoms with E-state index in [1.807, 2.05) is 38.3 Å². The Morgan fingerprint density at radius 3 is 2.81 bits per heavy atom. The van der Waals surface area contributed by atoms with Gasteiger partial charge in [0.1, 0.15) is 0 Å². The molecule has 2 N–H and O–H groups in total. The maximum atomic E-state index is 12.3. The number of amides is 1. The Balaban J connectivity index is 1.76. The summed E-state index contributed by atoms with van der Waals surface area (Å²) in [4.78, 5) is 16.8. The number of thiazole rings is 1. The van der Waals surface area contributed by atoms with E-state index in [2.05, 4.69) is 20.5 Å². The van der Waals surface area contributed by atoms with Crippen molar-refractivity contribution in [3.63, 3.8) is 0 Å². The van der Waals surface area contributed by atoms with Crippen LogP contribution in [0.1, 0.15) is 28.5 Å². The summed E-state index contributed by atoms with van der Waals surface area (Å²) < 4.78 is 0. The lowest BCUT2D eigenvalue weighted by molar-refractivity contribution is -0.112. The summed E-state index contributed by atoms with van der Waals surface area (Å²) in [5, 5.41) is 12.9. The summed E-state index contributed by atoms with van der Waals surface area (Å²) in [5.41, 5.74) is 5.13. The molecule has 0 saturated heterocycles. The lowest BCUT2D eigenvalue weighted by atomic mass is 10.2. The monoisotopic (exact) mass is 300 g/mol. The molecular formula is C15H16N4OS. The van der Waals surface area contributed by atoms with Crippen LogP contribution in [0.3, 0.4) is 0 Å². The fourth-order valence-corrected chi connectivity index (χ4v) is 2.91. The van der Waals surface area contributed by atoms with E-state index < -0.39 is 0 Å². The third-order valence-corrected chi connectivity index (χ3v) is 4.22. The predicted molar refractivity (Wildman–Crippen MR) is 84.2 cm³/mol. The van der Waals surface area contributed by atoms with Crippen LogP contribution in [0.15, 0.2) is 23.1 Å². The number of hydrogen-bond donors (Lipinski definition) is 2. The minimum atomic E-state index is -0.0826.